The van der Waals surface area contributed by atoms with Crippen LogP contribution in [-0.2, 0) is 11.2 Å². The minimum Gasteiger partial charge on any atom is -0.481 e. The summed E-state index contributed by atoms with van der Waals surface area (Å²) in [6.45, 7) is 0. The van der Waals surface area contributed by atoms with Gasteiger partial charge in [0.05, 0.1) is 6.42 Å². The van der Waals surface area contributed by atoms with Crippen LogP contribution in [0.25, 0.3) is 0 Å². The molecule has 1 heterocycles. The number of aliphatic carboxylic acids is 1. The van der Waals surface area contributed by atoms with Gasteiger partial charge in [0, 0.05) is 23.5 Å². The van der Waals surface area contributed by atoms with Crippen LogP contribution in [0.5, 0.6) is 0 Å². The van der Waals surface area contributed by atoms with Crippen LogP contribution < -0.4 is 10.9 Å². The molecule has 0 atom stereocenters. The van der Waals surface area contributed by atoms with E-state index in [2.05, 4.69) is 10.3 Å². The van der Waals surface area contributed by atoms with E-state index in [0.717, 1.165) is 0 Å². The van der Waals surface area contributed by atoms with Gasteiger partial charge in [0.2, 0.25) is 5.56 Å². The van der Waals surface area contributed by atoms with Crippen molar-refractivity contribution in [3.63, 3.8) is 0 Å². The molecular formula is C14H12N2O4. The lowest BCUT2D eigenvalue weighted by atomic mass is 10.1. The lowest BCUT2D eigenvalue weighted by molar-refractivity contribution is -0.136. The van der Waals surface area contributed by atoms with Crippen molar-refractivity contribution in [1.29, 1.82) is 0 Å². The number of carboxylic acids is 1. The normalized spacial score (nSPS) is 10.0. The van der Waals surface area contributed by atoms with Crippen molar-refractivity contribution in [3.8, 4) is 0 Å². The highest BCUT2D eigenvalue weighted by Crippen LogP contribution is 2.16. The molecule has 2 aromatic rings. The number of nitrogens with one attached hydrogen (secondary N) is 2. The second-order valence-electron chi connectivity index (χ2n) is 4.12. The van der Waals surface area contributed by atoms with Crippen LogP contribution in [0, 0.1) is 0 Å². The van der Waals surface area contributed by atoms with E-state index < -0.39 is 11.9 Å². The third-order valence-electron chi connectivity index (χ3n) is 2.64. The molecule has 6 nitrogen and oxygen atoms in total. The summed E-state index contributed by atoms with van der Waals surface area (Å²) in [6, 6.07) is 9.27. The molecule has 0 radical (unpaired) electrons. The van der Waals surface area contributed by atoms with Gasteiger partial charge in [-0.15, -0.1) is 0 Å². The van der Waals surface area contributed by atoms with Crippen molar-refractivity contribution in [1.82, 2.24) is 4.98 Å². The van der Waals surface area contributed by atoms with Crippen molar-refractivity contribution in [3.05, 3.63) is 64.1 Å². The molecule has 0 aliphatic rings. The molecule has 0 bridgehead atoms. The molecular weight excluding hydrogens is 260 g/mol. The zero-order chi connectivity index (χ0) is 14.5. The molecule has 3 N–H and O–H groups in total. The number of para-hydroxylation sites is 1. The summed E-state index contributed by atoms with van der Waals surface area (Å²) in [7, 11) is 0. The number of carboxylic acid groups (broad SMARTS) is 1. The number of benzene rings is 1. The Morgan fingerprint density at radius 2 is 1.95 bits per heavy atom. The van der Waals surface area contributed by atoms with Gasteiger partial charge in [0.25, 0.3) is 5.91 Å². The second kappa shape index (κ2) is 5.83. The highest BCUT2D eigenvalue weighted by molar-refractivity contribution is 6.04. The molecule has 0 fully saturated rings. The lowest BCUT2D eigenvalue weighted by Crippen LogP contribution is -2.17. The van der Waals surface area contributed by atoms with E-state index >= 15 is 0 Å². The quantitative estimate of drug-likeness (QED) is 0.780. The van der Waals surface area contributed by atoms with Crippen molar-refractivity contribution in [2.45, 2.75) is 6.42 Å². The van der Waals surface area contributed by atoms with Crippen LogP contribution in [0.2, 0.25) is 0 Å². The van der Waals surface area contributed by atoms with Gasteiger partial charge in [-0.3, -0.25) is 14.4 Å². The minimum atomic E-state index is -0.983. The van der Waals surface area contributed by atoms with Gasteiger partial charge in [-0.1, -0.05) is 18.2 Å². The maximum Gasteiger partial charge on any atom is 0.307 e. The summed E-state index contributed by atoms with van der Waals surface area (Å²) in [4.78, 5) is 36.3. The highest BCUT2D eigenvalue weighted by atomic mass is 16.4. The fourth-order valence-corrected chi connectivity index (χ4v) is 1.74. The van der Waals surface area contributed by atoms with E-state index in [0.29, 0.717) is 11.3 Å². The number of amides is 1. The number of hydrogen-bond acceptors (Lipinski definition) is 3. The van der Waals surface area contributed by atoms with Crippen LogP contribution in [0.3, 0.4) is 0 Å². The average molecular weight is 272 g/mol. The molecule has 0 aliphatic heterocycles. The van der Waals surface area contributed by atoms with Gasteiger partial charge in [0.1, 0.15) is 0 Å². The molecule has 0 unspecified atom stereocenters. The molecule has 102 valence electrons. The van der Waals surface area contributed by atoms with Gasteiger partial charge in [-0.05, 0) is 17.7 Å². The van der Waals surface area contributed by atoms with E-state index in [-0.39, 0.29) is 17.5 Å². The zero-order valence-electron chi connectivity index (χ0n) is 10.4. The largest absolute Gasteiger partial charge is 0.481 e. The maximum atomic E-state index is 12.0. The number of aromatic nitrogens is 1. The van der Waals surface area contributed by atoms with Gasteiger partial charge in [-0.25, -0.2) is 0 Å². The summed E-state index contributed by atoms with van der Waals surface area (Å²) in [5.74, 6) is -1.45. The van der Waals surface area contributed by atoms with Gasteiger partial charge in [0.15, 0.2) is 0 Å². The van der Waals surface area contributed by atoms with Crippen molar-refractivity contribution < 1.29 is 14.7 Å². The molecule has 1 aromatic carbocycles. The SMILES string of the molecule is O=C(O)Cc1ccccc1NC(=O)c1cc[nH]c(=O)c1. The standard InChI is InChI=1S/C14H12N2O4/c17-12-7-10(5-6-15-12)14(20)16-11-4-2-1-3-9(11)8-13(18)19/h1-7H,8H2,(H,15,17)(H,16,20)(H,18,19). The molecule has 0 spiro atoms. The van der Waals surface area contributed by atoms with Crippen LogP contribution >= 0.6 is 0 Å². The first kappa shape index (κ1) is 13.5. The summed E-state index contributed by atoms with van der Waals surface area (Å²) in [6.07, 6.45) is 1.19. The lowest BCUT2D eigenvalue weighted by Gasteiger charge is -2.09. The van der Waals surface area contributed by atoms with Crippen molar-refractivity contribution in [2.24, 2.45) is 0 Å². The molecule has 0 saturated carbocycles. The molecule has 2 rings (SSSR count). The van der Waals surface area contributed by atoms with Gasteiger partial charge in [-0.2, -0.15) is 0 Å². The van der Waals surface area contributed by atoms with Crippen LogP contribution in [-0.4, -0.2) is 22.0 Å². The highest BCUT2D eigenvalue weighted by Gasteiger charge is 2.11. The molecule has 20 heavy (non-hydrogen) atoms. The third kappa shape index (κ3) is 3.32. The number of aromatic amines is 1. The van der Waals surface area contributed by atoms with E-state index in [1.54, 1.807) is 24.3 Å². The van der Waals surface area contributed by atoms with Gasteiger partial charge >= 0.3 is 5.97 Å². The average Bonchev–Trinajstić information content (AvgIpc) is 2.40. The third-order valence-corrected chi connectivity index (χ3v) is 2.64. The molecule has 1 amide bonds. The topological polar surface area (TPSA) is 99.3 Å². The number of hydrogen-bond donors (Lipinski definition) is 3. The van der Waals surface area contributed by atoms with E-state index in [1.165, 1.54) is 18.3 Å². The first-order valence-corrected chi connectivity index (χ1v) is 5.86. The van der Waals surface area contributed by atoms with E-state index in [1.807, 2.05) is 0 Å². The maximum absolute atomic E-state index is 12.0. The Morgan fingerprint density at radius 1 is 1.20 bits per heavy atom. The summed E-state index contributed by atoms with van der Waals surface area (Å²) in [5.41, 5.74) is 0.744. The number of pyridine rings is 1. The predicted molar refractivity (Wildman–Crippen MR) is 72.8 cm³/mol. The monoisotopic (exact) mass is 272 g/mol. The Labute approximate surface area is 114 Å². The number of rotatable bonds is 4. The molecule has 0 aliphatic carbocycles. The van der Waals surface area contributed by atoms with Gasteiger partial charge < -0.3 is 15.4 Å². The first-order chi connectivity index (χ1) is 9.56. The smallest absolute Gasteiger partial charge is 0.307 e. The number of anilines is 1. The van der Waals surface area contributed by atoms with Crippen LogP contribution in [0.4, 0.5) is 5.69 Å². The number of carbonyl (C=O) groups is 2. The Balaban J connectivity index is 2.24. The summed E-state index contributed by atoms with van der Waals surface area (Å²) < 4.78 is 0. The summed E-state index contributed by atoms with van der Waals surface area (Å²) in [5, 5.41) is 11.4. The summed E-state index contributed by atoms with van der Waals surface area (Å²) >= 11 is 0. The van der Waals surface area contributed by atoms with E-state index in [9.17, 15) is 14.4 Å². The Hall–Kier alpha value is -2.89. The zero-order valence-corrected chi connectivity index (χ0v) is 10.4. The first-order valence-electron chi connectivity index (χ1n) is 5.86. The molecule has 1 aromatic heterocycles. The van der Waals surface area contributed by atoms with Crippen molar-refractivity contribution >= 4 is 17.6 Å². The number of carbonyl (C=O) groups excluding carboxylic acids is 1. The molecule has 6 heteroatoms. The van der Waals surface area contributed by atoms with E-state index in [4.69, 9.17) is 5.11 Å². The molecule has 0 saturated heterocycles. The fourth-order valence-electron chi connectivity index (χ4n) is 1.74. The van der Waals surface area contributed by atoms with Crippen LogP contribution in [0.15, 0.2) is 47.4 Å². The fraction of sp³-hybridized carbons (Fsp3) is 0.0714. The minimum absolute atomic E-state index is 0.189. The number of H-pyrrole nitrogens is 1. The predicted octanol–water partition coefficient (Wildman–Crippen LogP) is 1.25. The second-order valence-corrected chi connectivity index (χ2v) is 4.12. The Morgan fingerprint density at radius 3 is 2.65 bits per heavy atom. The Kier molecular flexibility index (Phi) is 3.95. The van der Waals surface area contributed by atoms with Crippen LogP contribution in [0.1, 0.15) is 15.9 Å². The Bertz CT molecular complexity index is 706. The van der Waals surface area contributed by atoms with Crippen molar-refractivity contribution in [2.75, 3.05) is 5.32 Å².